The summed E-state index contributed by atoms with van der Waals surface area (Å²) >= 11 is 0. The van der Waals surface area contributed by atoms with Crippen molar-refractivity contribution in [1.29, 1.82) is 0 Å². The minimum absolute atomic E-state index is 0.169. The number of phenols is 2. The monoisotopic (exact) mass is 180 g/mol. The van der Waals surface area contributed by atoms with Crippen LogP contribution in [0.15, 0.2) is 49.9 Å². The second-order valence-electron chi connectivity index (χ2n) is 1.99. The second kappa shape index (κ2) is 6.79. The van der Waals surface area contributed by atoms with E-state index in [1.807, 2.05) is 0 Å². The summed E-state index contributed by atoms with van der Waals surface area (Å²) in [6.45, 7) is 6.51. The number of phenolic OH excluding ortho intramolecular Hbond substituents is 2. The summed E-state index contributed by atoms with van der Waals surface area (Å²) in [5.41, 5.74) is 0. The van der Waals surface area contributed by atoms with Gasteiger partial charge in [-0.05, 0) is 24.3 Å². The van der Waals surface area contributed by atoms with Crippen LogP contribution in [-0.2, 0) is 4.74 Å². The summed E-state index contributed by atoms with van der Waals surface area (Å²) < 4.78 is 4.36. The number of benzene rings is 1. The molecule has 1 aromatic rings. The van der Waals surface area contributed by atoms with Gasteiger partial charge in [-0.3, -0.25) is 0 Å². The smallest absolute Gasteiger partial charge is 0.115 e. The molecule has 0 amide bonds. The first-order chi connectivity index (χ1) is 6.20. The molecule has 0 bridgehead atoms. The summed E-state index contributed by atoms with van der Waals surface area (Å²) in [6, 6.07) is 5.70. The Morgan fingerprint density at radius 2 is 1.23 bits per heavy atom. The fourth-order valence-corrected chi connectivity index (χ4v) is 0.521. The van der Waals surface area contributed by atoms with Crippen LogP contribution in [0, 0.1) is 0 Å². The second-order valence-corrected chi connectivity index (χ2v) is 1.99. The van der Waals surface area contributed by atoms with Gasteiger partial charge in [0.2, 0.25) is 0 Å². The van der Waals surface area contributed by atoms with E-state index < -0.39 is 0 Å². The maximum absolute atomic E-state index is 8.65. The molecule has 0 unspecified atom stereocenters. The predicted octanol–water partition coefficient (Wildman–Crippen LogP) is 2.39. The van der Waals surface area contributed by atoms with E-state index in [1.165, 1.54) is 36.8 Å². The zero-order valence-electron chi connectivity index (χ0n) is 7.18. The maximum atomic E-state index is 8.65. The summed E-state index contributed by atoms with van der Waals surface area (Å²) in [7, 11) is 0. The van der Waals surface area contributed by atoms with E-state index in [-0.39, 0.29) is 11.5 Å². The van der Waals surface area contributed by atoms with Gasteiger partial charge in [-0.1, -0.05) is 13.2 Å². The standard InChI is InChI=1S/C6H6O2.C4H6O/c7-5-1-2-6(8)4-3-5;1-3-5-4-2/h1-4,7-8H;3-4H,1-2H2. The van der Waals surface area contributed by atoms with Crippen molar-refractivity contribution in [3.63, 3.8) is 0 Å². The molecule has 0 aliphatic carbocycles. The molecule has 1 aromatic carbocycles. The molecule has 70 valence electrons. The van der Waals surface area contributed by atoms with Crippen molar-refractivity contribution in [1.82, 2.24) is 0 Å². The van der Waals surface area contributed by atoms with Gasteiger partial charge in [-0.2, -0.15) is 0 Å². The molecule has 0 saturated heterocycles. The molecule has 0 fully saturated rings. The third-order valence-electron chi connectivity index (χ3n) is 1.04. The van der Waals surface area contributed by atoms with Gasteiger partial charge in [0.1, 0.15) is 11.5 Å². The predicted molar refractivity (Wildman–Crippen MR) is 51.3 cm³/mol. The van der Waals surface area contributed by atoms with Crippen LogP contribution in [0.3, 0.4) is 0 Å². The van der Waals surface area contributed by atoms with Crippen LogP contribution >= 0.6 is 0 Å². The van der Waals surface area contributed by atoms with E-state index in [0.29, 0.717) is 0 Å². The van der Waals surface area contributed by atoms with Gasteiger partial charge in [0.15, 0.2) is 0 Å². The number of ether oxygens (including phenoxy) is 1. The summed E-state index contributed by atoms with van der Waals surface area (Å²) in [4.78, 5) is 0. The minimum Gasteiger partial charge on any atom is -0.508 e. The highest BCUT2D eigenvalue weighted by atomic mass is 16.5. The van der Waals surface area contributed by atoms with Crippen LogP contribution in [0.2, 0.25) is 0 Å². The lowest BCUT2D eigenvalue weighted by molar-refractivity contribution is 0.406. The Bertz CT molecular complexity index is 224. The molecule has 3 heteroatoms. The average molecular weight is 180 g/mol. The fourth-order valence-electron chi connectivity index (χ4n) is 0.521. The summed E-state index contributed by atoms with van der Waals surface area (Å²) in [6.07, 6.45) is 2.62. The Hall–Kier alpha value is -1.90. The molecule has 0 aliphatic heterocycles. The zero-order valence-corrected chi connectivity index (χ0v) is 7.18. The first-order valence-corrected chi connectivity index (χ1v) is 3.56. The van der Waals surface area contributed by atoms with E-state index in [2.05, 4.69) is 17.9 Å². The molecule has 0 spiro atoms. The molecular weight excluding hydrogens is 168 g/mol. The van der Waals surface area contributed by atoms with E-state index in [9.17, 15) is 0 Å². The SMILES string of the molecule is C=COC=C.Oc1ccc(O)cc1. The number of hydrogen-bond donors (Lipinski definition) is 2. The quantitative estimate of drug-likeness (QED) is 0.542. The van der Waals surface area contributed by atoms with Gasteiger partial charge in [0.25, 0.3) is 0 Å². The van der Waals surface area contributed by atoms with Crippen molar-refractivity contribution >= 4 is 0 Å². The topological polar surface area (TPSA) is 49.7 Å². The first-order valence-electron chi connectivity index (χ1n) is 3.56. The summed E-state index contributed by atoms with van der Waals surface area (Å²) in [5, 5.41) is 17.3. The van der Waals surface area contributed by atoms with Gasteiger partial charge in [-0.25, -0.2) is 0 Å². The van der Waals surface area contributed by atoms with Crippen molar-refractivity contribution in [2.45, 2.75) is 0 Å². The van der Waals surface area contributed by atoms with E-state index >= 15 is 0 Å². The number of hydrogen-bond acceptors (Lipinski definition) is 3. The Morgan fingerprint density at radius 1 is 0.923 bits per heavy atom. The molecule has 1 rings (SSSR count). The van der Waals surface area contributed by atoms with E-state index in [0.717, 1.165) is 0 Å². The molecule has 0 radical (unpaired) electrons. The number of aromatic hydroxyl groups is 2. The van der Waals surface area contributed by atoms with Gasteiger partial charge >= 0.3 is 0 Å². The Balaban J connectivity index is 0.000000252. The molecule has 3 nitrogen and oxygen atoms in total. The lowest BCUT2D eigenvalue weighted by Gasteiger charge is -1.88. The van der Waals surface area contributed by atoms with Crippen LogP contribution in [-0.4, -0.2) is 10.2 Å². The van der Waals surface area contributed by atoms with Gasteiger partial charge in [0.05, 0.1) is 12.5 Å². The van der Waals surface area contributed by atoms with Crippen molar-refractivity contribution < 1.29 is 14.9 Å². The zero-order chi connectivity index (χ0) is 10.1. The van der Waals surface area contributed by atoms with Crippen LogP contribution in [0.25, 0.3) is 0 Å². The van der Waals surface area contributed by atoms with Crippen LogP contribution in [0.1, 0.15) is 0 Å². The third-order valence-corrected chi connectivity index (χ3v) is 1.04. The van der Waals surface area contributed by atoms with Gasteiger partial charge in [-0.15, -0.1) is 0 Å². The highest BCUT2D eigenvalue weighted by Crippen LogP contribution is 2.13. The molecule has 0 aromatic heterocycles. The highest BCUT2D eigenvalue weighted by molar-refractivity contribution is 5.28. The first kappa shape index (κ1) is 11.1. The van der Waals surface area contributed by atoms with Crippen molar-refractivity contribution in [2.24, 2.45) is 0 Å². The van der Waals surface area contributed by atoms with Crippen molar-refractivity contribution in [2.75, 3.05) is 0 Å². The van der Waals surface area contributed by atoms with Gasteiger partial charge in [0, 0.05) is 0 Å². The average Bonchev–Trinajstić information content (AvgIpc) is 2.13. The molecule has 2 N–H and O–H groups in total. The molecule has 0 aliphatic rings. The fraction of sp³-hybridized carbons (Fsp3) is 0. The summed E-state index contributed by atoms with van der Waals surface area (Å²) in [5.74, 6) is 0.339. The Morgan fingerprint density at radius 3 is 1.38 bits per heavy atom. The molecule has 0 saturated carbocycles. The third kappa shape index (κ3) is 6.50. The lowest BCUT2D eigenvalue weighted by atomic mass is 10.3. The van der Waals surface area contributed by atoms with Crippen molar-refractivity contribution in [3.05, 3.63) is 49.9 Å². The van der Waals surface area contributed by atoms with Crippen LogP contribution < -0.4 is 0 Å². The Labute approximate surface area is 77.2 Å². The van der Waals surface area contributed by atoms with Crippen LogP contribution in [0.4, 0.5) is 0 Å². The van der Waals surface area contributed by atoms with E-state index in [4.69, 9.17) is 10.2 Å². The van der Waals surface area contributed by atoms with Gasteiger partial charge < -0.3 is 14.9 Å². The Kier molecular flexibility index (Phi) is 5.80. The van der Waals surface area contributed by atoms with Crippen molar-refractivity contribution in [3.8, 4) is 11.5 Å². The van der Waals surface area contributed by atoms with E-state index in [1.54, 1.807) is 0 Å². The number of rotatable bonds is 2. The van der Waals surface area contributed by atoms with Crippen LogP contribution in [0.5, 0.6) is 11.5 Å². The maximum Gasteiger partial charge on any atom is 0.115 e. The highest BCUT2D eigenvalue weighted by Gasteiger charge is 1.84. The molecular formula is C10H12O3. The lowest BCUT2D eigenvalue weighted by Crippen LogP contribution is -1.61. The largest absolute Gasteiger partial charge is 0.508 e. The molecule has 13 heavy (non-hydrogen) atoms. The molecule has 0 atom stereocenters. The normalized spacial score (nSPS) is 7.69. The molecule has 0 heterocycles. The minimum atomic E-state index is 0.169.